The van der Waals surface area contributed by atoms with Crippen molar-refractivity contribution in [1.29, 1.82) is 0 Å². The minimum Gasteiger partial charge on any atom is -0.485 e. The van der Waals surface area contributed by atoms with E-state index >= 15 is 0 Å². The summed E-state index contributed by atoms with van der Waals surface area (Å²) in [4.78, 5) is 1.61. The van der Waals surface area contributed by atoms with Crippen LogP contribution in [0.4, 0.5) is 0 Å². The van der Waals surface area contributed by atoms with E-state index in [-0.39, 0.29) is 0 Å². The molecule has 1 aliphatic heterocycles. The van der Waals surface area contributed by atoms with E-state index < -0.39 is 0 Å². The average Bonchev–Trinajstić information content (AvgIpc) is 2.61. The van der Waals surface area contributed by atoms with Crippen molar-refractivity contribution in [3.63, 3.8) is 0 Å². The van der Waals surface area contributed by atoms with Crippen LogP contribution in [0.3, 0.4) is 0 Å². The molecule has 0 amide bonds. The van der Waals surface area contributed by atoms with Gasteiger partial charge in [0.15, 0.2) is 5.75 Å². The highest BCUT2D eigenvalue weighted by Gasteiger charge is 2.14. The van der Waals surface area contributed by atoms with Gasteiger partial charge in [0.05, 0.1) is 23.1 Å². The number of benzene rings is 1. The van der Waals surface area contributed by atoms with Crippen LogP contribution in [0.15, 0.2) is 12.1 Å². The van der Waals surface area contributed by atoms with Crippen molar-refractivity contribution < 1.29 is 9.64 Å². The molecule has 2 nitrogen and oxygen atoms in total. The van der Waals surface area contributed by atoms with E-state index in [1.165, 1.54) is 38.8 Å². The lowest BCUT2D eigenvalue weighted by atomic mass is 10.2. The Labute approximate surface area is 129 Å². The zero-order chi connectivity index (χ0) is 13.7. The average molecular weight is 324 g/mol. The Morgan fingerprint density at radius 2 is 1.53 bits per heavy atom. The molecule has 106 valence electrons. The van der Waals surface area contributed by atoms with Crippen LogP contribution in [0.1, 0.15) is 25.7 Å². The molecule has 1 aliphatic rings. The van der Waals surface area contributed by atoms with Crippen molar-refractivity contribution >= 4 is 34.8 Å². The molecule has 1 saturated heterocycles. The molecular weight excluding hydrogens is 305 g/mol. The number of quaternary nitrogens is 1. The van der Waals surface area contributed by atoms with E-state index in [4.69, 9.17) is 39.5 Å². The Hall–Kier alpha value is -0.150. The fourth-order valence-electron chi connectivity index (χ4n) is 2.44. The van der Waals surface area contributed by atoms with Gasteiger partial charge in [0.1, 0.15) is 13.2 Å². The lowest BCUT2D eigenvalue weighted by molar-refractivity contribution is -0.899. The molecule has 1 fully saturated rings. The molecule has 0 atom stereocenters. The first-order chi connectivity index (χ1) is 9.16. The topological polar surface area (TPSA) is 13.7 Å². The first-order valence-corrected chi connectivity index (χ1v) is 7.91. The van der Waals surface area contributed by atoms with E-state index in [9.17, 15) is 0 Å². The summed E-state index contributed by atoms with van der Waals surface area (Å²) in [5.74, 6) is 0.543. The third kappa shape index (κ3) is 4.71. The predicted octanol–water partition coefficient (Wildman–Crippen LogP) is 3.48. The number of hydrogen-bond donors (Lipinski definition) is 1. The highest BCUT2D eigenvalue weighted by atomic mass is 35.5. The van der Waals surface area contributed by atoms with Crippen molar-refractivity contribution in [1.82, 2.24) is 0 Å². The van der Waals surface area contributed by atoms with Crippen LogP contribution in [0.25, 0.3) is 0 Å². The second-order valence-corrected chi connectivity index (χ2v) is 6.21. The molecule has 0 saturated carbocycles. The third-order valence-electron chi connectivity index (χ3n) is 3.48. The summed E-state index contributed by atoms with van der Waals surface area (Å²) in [5, 5.41) is 1.48. The number of rotatable bonds is 4. The van der Waals surface area contributed by atoms with Crippen molar-refractivity contribution in [3.8, 4) is 5.75 Å². The van der Waals surface area contributed by atoms with Gasteiger partial charge in [-0.1, -0.05) is 34.8 Å². The van der Waals surface area contributed by atoms with Gasteiger partial charge in [0, 0.05) is 5.02 Å². The van der Waals surface area contributed by atoms with Crippen LogP contribution in [-0.4, -0.2) is 26.2 Å². The zero-order valence-corrected chi connectivity index (χ0v) is 13.1. The zero-order valence-electron chi connectivity index (χ0n) is 10.9. The summed E-state index contributed by atoms with van der Waals surface area (Å²) in [6.45, 7) is 4.11. The minimum absolute atomic E-state index is 0.475. The number of ether oxygens (including phenoxy) is 1. The molecule has 2 rings (SSSR count). The fourth-order valence-corrected chi connectivity index (χ4v) is 3.37. The Morgan fingerprint density at radius 3 is 2.11 bits per heavy atom. The molecule has 0 radical (unpaired) electrons. The number of likely N-dealkylation sites (tertiary alicyclic amines) is 1. The van der Waals surface area contributed by atoms with Gasteiger partial charge in [-0.05, 0) is 37.8 Å². The van der Waals surface area contributed by atoms with E-state index in [0.29, 0.717) is 27.4 Å². The van der Waals surface area contributed by atoms with E-state index in [2.05, 4.69) is 0 Å². The maximum absolute atomic E-state index is 6.08. The standard InChI is InChI=1S/C14H18Cl3NO/c15-11-9-12(16)14(13(17)10-11)19-8-7-18-5-3-1-2-4-6-18/h9-10H,1-8H2/p+1. The lowest BCUT2D eigenvalue weighted by Crippen LogP contribution is -3.12. The Balaban J connectivity index is 1.85. The summed E-state index contributed by atoms with van der Waals surface area (Å²) in [6, 6.07) is 3.31. The molecule has 1 N–H and O–H groups in total. The van der Waals surface area contributed by atoms with E-state index in [1.807, 2.05) is 0 Å². The summed E-state index contributed by atoms with van der Waals surface area (Å²) < 4.78 is 5.72. The SMILES string of the molecule is Clc1cc(Cl)c(OCC[NH+]2CCCCCC2)c(Cl)c1. The van der Waals surface area contributed by atoms with Gasteiger partial charge in [-0.3, -0.25) is 0 Å². The second kappa shape index (κ2) is 7.58. The van der Waals surface area contributed by atoms with Gasteiger partial charge in [-0.25, -0.2) is 0 Å². The predicted molar refractivity (Wildman–Crippen MR) is 81.0 cm³/mol. The molecule has 0 unspecified atom stereocenters. The number of nitrogens with one attached hydrogen (secondary N) is 1. The second-order valence-electron chi connectivity index (χ2n) is 4.96. The van der Waals surface area contributed by atoms with Gasteiger partial charge < -0.3 is 9.64 Å². The largest absolute Gasteiger partial charge is 0.485 e. The molecular formula is C14H19Cl3NO+. The van der Waals surface area contributed by atoms with E-state index in [1.54, 1.807) is 17.0 Å². The van der Waals surface area contributed by atoms with Crippen LogP contribution in [0.2, 0.25) is 15.1 Å². The molecule has 0 bridgehead atoms. The van der Waals surface area contributed by atoms with Crippen molar-refractivity contribution in [2.75, 3.05) is 26.2 Å². The monoisotopic (exact) mass is 322 g/mol. The van der Waals surface area contributed by atoms with Crippen LogP contribution >= 0.6 is 34.8 Å². The van der Waals surface area contributed by atoms with Crippen LogP contribution < -0.4 is 9.64 Å². The molecule has 1 heterocycles. The van der Waals surface area contributed by atoms with Gasteiger partial charge in [0.2, 0.25) is 0 Å². The van der Waals surface area contributed by atoms with Crippen LogP contribution in [0, 0.1) is 0 Å². The highest BCUT2D eigenvalue weighted by Crippen LogP contribution is 2.35. The first-order valence-electron chi connectivity index (χ1n) is 6.78. The summed E-state index contributed by atoms with van der Waals surface area (Å²) in [5.41, 5.74) is 0. The van der Waals surface area contributed by atoms with Crippen LogP contribution in [-0.2, 0) is 0 Å². The molecule has 0 spiro atoms. The lowest BCUT2D eigenvalue weighted by Gasteiger charge is -2.17. The van der Waals surface area contributed by atoms with Gasteiger partial charge in [-0.15, -0.1) is 0 Å². The molecule has 0 aromatic heterocycles. The first kappa shape index (κ1) is 15.2. The smallest absolute Gasteiger partial charge is 0.156 e. The maximum Gasteiger partial charge on any atom is 0.156 e. The maximum atomic E-state index is 6.08. The molecule has 19 heavy (non-hydrogen) atoms. The van der Waals surface area contributed by atoms with Gasteiger partial charge >= 0.3 is 0 Å². The quantitative estimate of drug-likeness (QED) is 0.895. The molecule has 1 aromatic rings. The van der Waals surface area contributed by atoms with Gasteiger partial charge in [0.25, 0.3) is 0 Å². The highest BCUT2D eigenvalue weighted by molar-refractivity contribution is 6.40. The normalized spacial score (nSPS) is 17.2. The minimum atomic E-state index is 0.475. The molecule has 1 aromatic carbocycles. The van der Waals surface area contributed by atoms with Crippen LogP contribution in [0.5, 0.6) is 5.75 Å². The van der Waals surface area contributed by atoms with Crippen molar-refractivity contribution in [2.45, 2.75) is 25.7 Å². The summed E-state index contributed by atoms with van der Waals surface area (Å²) in [6.07, 6.45) is 5.36. The third-order valence-corrected chi connectivity index (χ3v) is 4.26. The Kier molecular flexibility index (Phi) is 6.08. The number of hydrogen-bond acceptors (Lipinski definition) is 1. The Morgan fingerprint density at radius 1 is 0.947 bits per heavy atom. The molecule has 5 heteroatoms. The van der Waals surface area contributed by atoms with Gasteiger partial charge in [-0.2, -0.15) is 0 Å². The molecule has 0 aliphatic carbocycles. The van der Waals surface area contributed by atoms with Crippen molar-refractivity contribution in [3.05, 3.63) is 27.2 Å². The fraction of sp³-hybridized carbons (Fsp3) is 0.571. The summed E-state index contributed by atoms with van der Waals surface area (Å²) in [7, 11) is 0. The van der Waals surface area contributed by atoms with Crippen molar-refractivity contribution in [2.24, 2.45) is 0 Å². The van der Waals surface area contributed by atoms with E-state index in [0.717, 1.165) is 6.54 Å². The number of halogens is 3. The summed E-state index contributed by atoms with van der Waals surface area (Å²) >= 11 is 18.0. The Bertz CT molecular complexity index is 394.